The quantitative estimate of drug-likeness (QED) is 0.131. The lowest BCUT2D eigenvalue weighted by molar-refractivity contribution is 0.927. The number of aryl methyl sites for hydroxylation is 4. The predicted molar refractivity (Wildman–Crippen MR) is 347 cm³/mol. The van der Waals surface area contributed by atoms with Crippen molar-refractivity contribution in [1.82, 2.24) is 39.0 Å². The van der Waals surface area contributed by atoms with Gasteiger partial charge in [0, 0.05) is 49.6 Å². The van der Waals surface area contributed by atoms with Crippen LogP contribution in [0.15, 0.2) is 194 Å². The molecular formula is C76H44N14. The maximum absolute atomic E-state index is 11.5. The van der Waals surface area contributed by atoms with Crippen LogP contribution in [-0.2, 0) is 0 Å². The van der Waals surface area contributed by atoms with Crippen molar-refractivity contribution < 1.29 is 0 Å². The fraction of sp³-hybridized carbons (Fsp3) is 0.0526. The molecule has 0 aliphatic carbocycles. The molecule has 14 rings (SSSR count). The molecule has 14 aromatic rings. The molecule has 0 aliphatic rings. The van der Waals surface area contributed by atoms with Gasteiger partial charge in [0.25, 0.3) is 0 Å². The van der Waals surface area contributed by atoms with E-state index < -0.39 is 0 Å². The second-order valence-electron chi connectivity index (χ2n) is 21.9. The van der Waals surface area contributed by atoms with E-state index in [1.54, 1.807) is 52.0 Å². The molecular weight excluding hydrogens is 1110 g/mol. The lowest BCUT2D eigenvalue weighted by atomic mass is 9.90. The van der Waals surface area contributed by atoms with Gasteiger partial charge in [-0.2, -0.15) is 31.6 Å². The van der Waals surface area contributed by atoms with Crippen LogP contribution < -0.4 is 0 Å². The van der Waals surface area contributed by atoms with Crippen LogP contribution >= 0.6 is 0 Å². The summed E-state index contributed by atoms with van der Waals surface area (Å²) in [5.74, 6) is 2.89. The highest BCUT2D eigenvalue weighted by Gasteiger charge is 2.24. The maximum atomic E-state index is 11.5. The molecule has 10 aromatic carbocycles. The summed E-state index contributed by atoms with van der Waals surface area (Å²) in [7, 11) is 0. The summed E-state index contributed by atoms with van der Waals surface area (Å²) in [4.78, 5) is 27.4. The number of nitriles is 6. The van der Waals surface area contributed by atoms with E-state index in [1.807, 2.05) is 109 Å². The largest absolute Gasteiger partial charge is 0.309 e. The Kier molecular flexibility index (Phi) is 13.4. The third-order valence-electron chi connectivity index (χ3n) is 16.3. The van der Waals surface area contributed by atoms with E-state index in [9.17, 15) is 31.6 Å². The van der Waals surface area contributed by atoms with Gasteiger partial charge in [0.05, 0.1) is 91.9 Å². The number of benzene rings is 10. The molecule has 4 heterocycles. The molecule has 90 heavy (non-hydrogen) atoms. The van der Waals surface area contributed by atoms with Gasteiger partial charge in [0.15, 0.2) is 11.6 Å². The van der Waals surface area contributed by atoms with Crippen LogP contribution in [-0.4, -0.2) is 39.0 Å². The van der Waals surface area contributed by atoms with E-state index in [0.29, 0.717) is 90.7 Å². The monoisotopic (exact) mass is 1150 g/mol. The Morgan fingerprint density at radius 3 is 1.20 bits per heavy atom. The molecule has 0 aliphatic heterocycles. The lowest BCUT2D eigenvalue weighted by Crippen LogP contribution is -2.02. The van der Waals surface area contributed by atoms with Gasteiger partial charge in [-0.25, -0.2) is 29.9 Å². The summed E-state index contributed by atoms with van der Waals surface area (Å²) in [6.07, 6.45) is 0. The first kappa shape index (κ1) is 54.7. The zero-order chi connectivity index (χ0) is 61.9. The minimum atomic E-state index is 0.361. The molecule has 14 nitrogen and oxygen atoms in total. The third-order valence-corrected chi connectivity index (χ3v) is 16.3. The summed E-state index contributed by atoms with van der Waals surface area (Å²) in [5.41, 5.74) is 16.7. The highest BCUT2D eigenvalue weighted by molar-refractivity contribution is 6.18. The molecule has 0 amide bonds. The molecule has 0 saturated carbocycles. The van der Waals surface area contributed by atoms with Gasteiger partial charge in [0.2, 0.25) is 0 Å². The maximum Gasteiger partial charge on any atom is 0.164 e. The van der Waals surface area contributed by atoms with Crippen molar-refractivity contribution in [3.05, 3.63) is 251 Å². The predicted octanol–water partition coefficient (Wildman–Crippen LogP) is 16.4. The van der Waals surface area contributed by atoms with Gasteiger partial charge in [-0.1, -0.05) is 84.9 Å². The molecule has 0 N–H and O–H groups in total. The molecule has 0 atom stereocenters. The highest BCUT2D eigenvalue weighted by Crippen LogP contribution is 2.46. The van der Waals surface area contributed by atoms with E-state index in [0.717, 1.165) is 99.4 Å². The standard InChI is InChI=1S/C76H44N14/c1-43-83-44(2)86-75(85-43)64-25-20-61(30-60(64)42-82)89-70-32-54(50-11-5-8-47(26-50)37-77)16-22-65(70)66-23-17-56(33-71(66)89)53-15-21-63(59(29-53)41-81)69-31-58(52-13-7-10-49(28-52)39-79)35-73-74(69)67-24-18-55(51-12-6-9-48(27-51)38-78)34-72(67)90(73)62-19-14-57(40-80)68(36-62)76-87-45(3)84-46(4)88-76/h5-36H,1-4H3. The van der Waals surface area contributed by atoms with Gasteiger partial charge < -0.3 is 9.13 Å². The Morgan fingerprint density at radius 1 is 0.278 bits per heavy atom. The highest BCUT2D eigenvalue weighted by atomic mass is 15.0. The summed E-state index contributed by atoms with van der Waals surface area (Å²) in [5, 5.41) is 66.4. The molecule has 4 aromatic heterocycles. The lowest BCUT2D eigenvalue weighted by Gasteiger charge is -2.15. The molecule has 14 heteroatoms. The topological polar surface area (TPSA) is 230 Å². The SMILES string of the molecule is Cc1nc(C)nc(-c2ccc(-n3c4cc(-c5cccc(C#N)c5)ccc4c4ccc(-c5ccc(-c6cc(-c7cccc(C#N)c7)cc7c6c6ccc(-c8cccc(C#N)c8)cc6n7-c6ccc(C#N)c(-c7nc(C)nc(C)n7)c6)c(C#N)c5)cc43)cc2C#N)n1. The molecule has 0 radical (unpaired) electrons. The first-order valence-corrected chi connectivity index (χ1v) is 28.7. The van der Waals surface area contributed by atoms with Gasteiger partial charge in [-0.3, -0.25) is 0 Å². The molecule has 0 unspecified atom stereocenters. The van der Waals surface area contributed by atoms with Crippen LogP contribution in [0.4, 0.5) is 0 Å². The number of nitrogens with zero attached hydrogens (tertiary/aromatic N) is 14. The first-order valence-electron chi connectivity index (χ1n) is 28.7. The Hall–Kier alpha value is -13.2. The van der Waals surface area contributed by atoms with Gasteiger partial charge in [-0.15, -0.1) is 0 Å². The van der Waals surface area contributed by atoms with Crippen LogP contribution in [0.25, 0.3) is 133 Å². The molecule has 0 saturated heterocycles. The van der Waals surface area contributed by atoms with Gasteiger partial charge in [0.1, 0.15) is 23.3 Å². The zero-order valence-corrected chi connectivity index (χ0v) is 48.7. The van der Waals surface area contributed by atoms with Crippen LogP contribution in [0.1, 0.15) is 56.7 Å². The van der Waals surface area contributed by atoms with E-state index in [1.165, 1.54) is 0 Å². The minimum absolute atomic E-state index is 0.361. The van der Waals surface area contributed by atoms with Gasteiger partial charge >= 0.3 is 0 Å². The Morgan fingerprint density at radius 2 is 0.678 bits per heavy atom. The number of hydrogen-bond donors (Lipinski definition) is 0. The number of fused-ring (bicyclic) bond motifs is 6. The first-order chi connectivity index (χ1) is 43.9. The average molecular weight is 1150 g/mol. The van der Waals surface area contributed by atoms with Crippen molar-refractivity contribution in [2.75, 3.05) is 0 Å². The zero-order valence-electron chi connectivity index (χ0n) is 48.7. The van der Waals surface area contributed by atoms with E-state index in [-0.39, 0.29) is 0 Å². The van der Waals surface area contributed by atoms with Crippen molar-refractivity contribution in [2.45, 2.75) is 27.7 Å². The molecule has 0 spiro atoms. The van der Waals surface area contributed by atoms with Crippen molar-refractivity contribution >= 4 is 43.6 Å². The van der Waals surface area contributed by atoms with E-state index in [2.05, 4.69) is 126 Å². The van der Waals surface area contributed by atoms with Crippen LogP contribution in [0.3, 0.4) is 0 Å². The van der Waals surface area contributed by atoms with Crippen molar-refractivity contribution in [2.24, 2.45) is 0 Å². The van der Waals surface area contributed by atoms with Crippen LogP contribution in [0, 0.1) is 95.7 Å². The number of hydrogen-bond acceptors (Lipinski definition) is 12. The Bertz CT molecular complexity index is 5660. The second-order valence-corrected chi connectivity index (χ2v) is 21.9. The van der Waals surface area contributed by atoms with Gasteiger partial charge in [-0.05, 0) is 187 Å². The van der Waals surface area contributed by atoms with Crippen molar-refractivity contribution in [3.8, 4) is 126 Å². The summed E-state index contributed by atoms with van der Waals surface area (Å²) in [6, 6.07) is 76.8. The molecule has 0 bridgehead atoms. The van der Waals surface area contributed by atoms with E-state index >= 15 is 0 Å². The second kappa shape index (κ2) is 22.0. The third kappa shape index (κ3) is 9.51. The molecule has 418 valence electrons. The number of aromatic nitrogens is 8. The van der Waals surface area contributed by atoms with Crippen LogP contribution in [0.5, 0.6) is 0 Å². The minimum Gasteiger partial charge on any atom is -0.309 e. The van der Waals surface area contributed by atoms with Crippen molar-refractivity contribution in [1.29, 1.82) is 31.6 Å². The van der Waals surface area contributed by atoms with Crippen molar-refractivity contribution in [3.63, 3.8) is 0 Å². The normalized spacial score (nSPS) is 11.0. The smallest absolute Gasteiger partial charge is 0.164 e. The summed E-state index contributed by atoms with van der Waals surface area (Å²) in [6.45, 7) is 7.18. The van der Waals surface area contributed by atoms with Crippen LogP contribution in [0.2, 0.25) is 0 Å². The van der Waals surface area contributed by atoms with E-state index in [4.69, 9.17) is 9.97 Å². The summed E-state index contributed by atoms with van der Waals surface area (Å²) >= 11 is 0. The fourth-order valence-corrected chi connectivity index (χ4v) is 12.4. The molecule has 0 fully saturated rings. The number of rotatable bonds is 9. The average Bonchev–Trinajstić information content (AvgIpc) is 1.57. The summed E-state index contributed by atoms with van der Waals surface area (Å²) < 4.78 is 4.30. The fourth-order valence-electron chi connectivity index (χ4n) is 12.4. The Labute approximate surface area is 516 Å². The Balaban J connectivity index is 0.996.